The van der Waals surface area contributed by atoms with Crippen molar-refractivity contribution >= 4 is 10.8 Å². The minimum Gasteiger partial charge on any atom is -0.504 e. The predicted octanol–water partition coefficient (Wildman–Crippen LogP) is 5.16. The largest absolute Gasteiger partial charge is 0.504 e. The Bertz CT molecular complexity index is 868. The zero-order chi connectivity index (χ0) is 17.3. The first-order valence-corrected chi connectivity index (χ1v) is 7.33. The summed E-state index contributed by atoms with van der Waals surface area (Å²) in [5, 5.41) is 11.7. The van der Waals surface area contributed by atoms with Crippen LogP contribution in [0.5, 0.6) is 11.5 Å². The number of fused-ring (bicyclic) bond motifs is 1. The van der Waals surface area contributed by atoms with Gasteiger partial charge in [0.05, 0.1) is 12.7 Å². The molecule has 5 heteroatoms. The number of phenols is 1. The standard InChI is InChI=1S/C19H15F3O2/c1-24-18-10-14-4-2-3-13(16(14)11-17(18)23)9-12-5-7-15(8-6-12)19(20,21)22/h2-8,10-11,23H,9H2,1H3. The third-order valence-electron chi connectivity index (χ3n) is 3.95. The first-order chi connectivity index (χ1) is 11.4. The molecule has 0 radical (unpaired) electrons. The van der Waals surface area contributed by atoms with Gasteiger partial charge >= 0.3 is 6.18 Å². The number of aromatic hydroxyl groups is 1. The van der Waals surface area contributed by atoms with Crippen molar-refractivity contribution in [2.45, 2.75) is 12.6 Å². The third kappa shape index (κ3) is 3.15. The summed E-state index contributed by atoms with van der Waals surface area (Å²) < 4.78 is 43.0. The van der Waals surface area contributed by atoms with E-state index in [1.165, 1.54) is 19.2 Å². The van der Waals surface area contributed by atoms with E-state index in [0.29, 0.717) is 12.2 Å². The zero-order valence-electron chi connectivity index (χ0n) is 12.9. The molecule has 2 nitrogen and oxygen atoms in total. The number of hydrogen-bond donors (Lipinski definition) is 1. The van der Waals surface area contributed by atoms with Gasteiger partial charge in [0, 0.05) is 0 Å². The van der Waals surface area contributed by atoms with Gasteiger partial charge in [0.1, 0.15) is 0 Å². The Labute approximate surface area is 137 Å². The van der Waals surface area contributed by atoms with E-state index in [4.69, 9.17) is 4.74 Å². The minimum atomic E-state index is -4.33. The van der Waals surface area contributed by atoms with Crippen LogP contribution in [-0.2, 0) is 12.6 Å². The highest BCUT2D eigenvalue weighted by Crippen LogP contribution is 2.34. The van der Waals surface area contributed by atoms with Crippen LogP contribution in [-0.4, -0.2) is 12.2 Å². The van der Waals surface area contributed by atoms with Crippen molar-refractivity contribution in [3.63, 3.8) is 0 Å². The SMILES string of the molecule is COc1cc2cccc(Cc3ccc(C(F)(F)F)cc3)c2cc1O. The number of ether oxygens (including phenoxy) is 1. The highest BCUT2D eigenvalue weighted by atomic mass is 19.4. The van der Waals surface area contributed by atoms with Crippen molar-refractivity contribution in [1.82, 2.24) is 0 Å². The van der Waals surface area contributed by atoms with E-state index in [2.05, 4.69) is 0 Å². The maximum atomic E-state index is 12.6. The summed E-state index contributed by atoms with van der Waals surface area (Å²) in [5.41, 5.74) is 1.03. The first kappa shape index (κ1) is 16.2. The van der Waals surface area contributed by atoms with Crippen LogP contribution in [0.3, 0.4) is 0 Å². The molecule has 0 aliphatic carbocycles. The van der Waals surface area contributed by atoms with Crippen LogP contribution in [0.15, 0.2) is 54.6 Å². The van der Waals surface area contributed by atoms with Crippen LogP contribution in [0, 0.1) is 0 Å². The Morgan fingerprint density at radius 3 is 2.33 bits per heavy atom. The number of benzene rings is 3. The Morgan fingerprint density at radius 2 is 1.71 bits per heavy atom. The Hall–Kier alpha value is -2.69. The lowest BCUT2D eigenvalue weighted by atomic mass is 9.97. The van der Waals surface area contributed by atoms with E-state index in [1.807, 2.05) is 18.2 Å². The van der Waals surface area contributed by atoms with Gasteiger partial charge in [-0.05, 0) is 52.6 Å². The van der Waals surface area contributed by atoms with E-state index in [1.54, 1.807) is 12.1 Å². The zero-order valence-corrected chi connectivity index (χ0v) is 12.9. The molecule has 0 heterocycles. The van der Waals surface area contributed by atoms with E-state index < -0.39 is 11.7 Å². The van der Waals surface area contributed by atoms with Gasteiger partial charge in [-0.2, -0.15) is 13.2 Å². The van der Waals surface area contributed by atoms with Crippen LogP contribution in [0.4, 0.5) is 13.2 Å². The molecule has 0 spiro atoms. The average Bonchev–Trinajstić information content (AvgIpc) is 2.54. The molecule has 0 saturated heterocycles. The fraction of sp³-hybridized carbons (Fsp3) is 0.158. The number of methoxy groups -OCH3 is 1. The van der Waals surface area contributed by atoms with Crippen molar-refractivity contribution in [2.75, 3.05) is 7.11 Å². The second kappa shape index (κ2) is 6.07. The normalized spacial score (nSPS) is 11.7. The summed E-state index contributed by atoms with van der Waals surface area (Å²) in [6.45, 7) is 0. The molecule has 0 aromatic heterocycles. The fourth-order valence-corrected chi connectivity index (χ4v) is 2.71. The smallest absolute Gasteiger partial charge is 0.416 e. The molecule has 0 atom stereocenters. The molecule has 24 heavy (non-hydrogen) atoms. The summed E-state index contributed by atoms with van der Waals surface area (Å²) in [5.74, 6) is 0.416. The molecule has 0 bridgehead atoms. The Morgan fingerprint density at radius 1 is 1.00 bits per heavy atom. The molecule has 0 aliphatic heterocycles. The molecular formula is C19H15F3O2. The molecule has 1 N–H and O–H groups in total. The van der Waals surface area contributed by atoms with Crippen molar-refractivity contribution in [3.8, 4) is 11.5 Å². The third-order valence-corrected chi connectivity index (χ3v) is 3.95. The van der Waals surface area contributed by atoms with Gasteiger partial charge in [0.25, 0.3) is 0 Å². The summed E-state index contributed by atoms with van der Waals surface area (Å²) in [6, 6.07) is 14.1. The lowest BCUT2D eigenvalue weighted by Gasteiger charge is -2.11. The summed E-state index contributed by atoms with van der Waals surface area (Å²) >= 11 is 0. The van der Waals surface area contributed by atoms with Crippen LogP contribution < -0.4 is 4.74 Å². The van der Waals surface area contributed by atoms with Crippen molar-refractivity contribution < 1.29 is 23.0 Å². The van der Waals surface area contributed by atoms with E-state index in [0.717, 1.165) is 34.0 Å². The topological polar surface area (TPSA) is 29.5 Å². The minimum absolute atomic E-state index is 0.0323. The second-order valence-corrected chi connectivity index (χ2v) is 5.53. The highest BCUT2D eigenvalue weighted by molar-refractivity contribution is 5.89. The predicted molar refractivity (Wildman–Crippen MR) is 86.4 cm³/mol. The van der Waals surface area contributed by atoms with Crippen molar-refractivity contribution in [2.24, 2.45) is 0 Å². The van der Waals surface area contributed by atoms with Crippen molar-refractivity contribution in [1.29, 1.82) is 0 Å². The lowest BCUT2D eigenvalue weighted by molar-refractivity contribution is -0.137. The van der Waals surface area contributed by atoms with Gasteiger partial charge in [0.15, 0.2) is 11.5 Å². The molecule has 3 aromatic rings. The van der Waals surface area contributed by atoms with E-state index >= 15 is 0 Å². The number of phenolic OH excluding ortho intramolecular Hbond substituents is 1. The Balaban J connectivity index is 1.97. The van der Waals surface area contributed by atoms with E-state index in [9.17, 15) is 18.3 Å². The van der Waals surface area contributed by atoms with Gasteiger partial charge in [-0.3, -0.25) is 0 Å². The molecular weight excluding hydrogens is 317 g/mol. The monoisotopic (exact) mass is 332 g/mol. The maximum absolute atomic E-state index is 12.6. The molecule has 3 aromatic carbocycles. The molecule has 0 amide bonds. The number of rotatable bonds is 3. The fourth-order valence-electron chi connectivity index (χ4n) is 2.71. The van der Waals surface area contributed by atoms with Gasteiger partial charge in [0.2, 0.25) is 0 Å². The number of hydrogen-bond acceptors (Lipinski definition) is 2. The van der Waals surface area contributed by atoms with Gasteiger partial charge < -0.3 is 9.84 Å². The van der Waals surface area contributed by atoms with Gasteiger partial charge in [-0.15, -0.1) is 0 Å². The quantitative estimate of drug-likeness (QED) is 0.717. The van der Waals surface area contributed by atoms with E-state index in [-0.39, 0.29) is 5.75 Å². The van der Waals surface area contributed by atoms with Crippen LogP contribution in [0.2, 0.25) is 0 Å². The first-order valence-electron chi connectivity index (χ1n) is 7.33. The summed E-state index contributed by atoms with van der Waals surface area (Å²) in [7, 11) is 1.48. The van der Waals surface area contributed by atoms with Crippen LogP contribution in [0.25, 0.3) is 10.8 Å². The van der Waals surface area contributed by atoms with Gasteiger partial charge in [-0.25, -0.2) is 0 Å². The number of halogens is 3. The van der Waals surface area contributed by atoms with Gasteiger partial charge in [-0.1, -0.05) is 30.3 Å². The summed E-state index contributed by atoms with van der Waals surface area (Å²) in [6.07, 6.45) is -3.86. The lowest BCUT2D eigenvalue weighted by Crippen LogP contribution is -2.04. The molecule has 3 rings (SSSR count). The van der Waals surface area contributed by atoms with Crippen LogP contribution in [0.1, 0.15) is 16.7 Å². The molecule has 0 saturated carbocycles. The average molecular weight is 332 g/mol. The number of alkyl halides is 3. The summed E-state index contributed by atoms with van der Waals surface area (Å²) in [4.78, 5) is 0. The molecule has 0 unspecified atom stereocenters. The highest BCUT2D eigenvalue weighted by Gasteiger charge is 2.29. The second-order valence-electron chi connectivity index (χ2n) is 5.53. The molecule has 0 aliphatic rings. The maximum Gasteiger partial charge on any atom is 0.416 e. The molecule has 124 valence electrons. The Kier molecular flexibility index (Phi) is 4.09. The molecule has 0 fully saturated rings. The van der Waals surface area contributed by atoms with Crippen molar-refractivity contribution in [3.05, 3.63) is 71.3 Å². The van der Waals surface area contributed by atoms with Crippen LogP contribution >= 0.6 is 0 Å².